The minimum atomic E-state index is -0.364. The van der Waals surface area contributed by atoms with Crippen molar-refractivity contribution in [3.8, 4) is 0 Å². The Kier molecular flexibility index (Phi) is 4.13. The molecule has 1 aromatic carbocycles. The van der Waals surface area contributed by atoms with Crippen molar-refractivity contribution in [3.63, 3.8) is 0 Å². The molecule has 0 atom stereocenters. The van der Waals surface area contributed by atoms with Crippen LogP contribution in [0.15, 0.2) is 18.2 Å². The van der Waals surface area contributed by atoms with Gasteiger partial charge in [0.05, 0.1) is 10.6 Å². The van der Waals surface area contributed by atoms with E-state index in [4.69, 9.17) is 28.9 Å². The van der Waals surface area contributed by atoms with Gasteiger partial charge in [0.15, 0.2) is 0 Å². The predicted molar refractivity (Wildman–Crippen MR) is 72.2 cm³/mol. The summed E-state index contributed by atoms with van der Waals surface area (Å²) in [4.78, 5) is 11.9. The van der Waals surface area contributed by atoms with Crippen molar-refractivity contribution in [2.45, 2.75) is 6.54 Å². The number of nitrogens with two attached hydrogens (primary N) is 1. The molecule has 1 amide bonds. The molecule has 0 aliphatic rings. The van der Waals surface area contributed by atoms with E-state index < -0.39 is 0 Å². The number of anilines is 1. The van der Waals surface area contributed by atoms with Gasteiger partial charge in [-0.2, -0.15) is 0 Å². The summed E-state index contributed by atoms with van der Waals surface area (Å²) < 4.78 is 0. The maximum atomic E-state index is 11.9. The Morgan fingerprint density at radius 3 is 2.78 bits per heavy atom. The third-order valence-corrected chi connectivity index (χ3v) is 3.45. The summed E-state index contributed by atoms with van der Waals surface area (Å²) in [6.45, 7) is 0.287. The molecule has 0 saturated carbocycles. The molecule has 18 heavy (non-hydrogen) atoms. The van der Waals surface area contributed by atoms with Gasteiger partial charge in [0.2, 0.25) is 5.13 Å². The topological polar surface area (TPSA) is 80.9 Å². The van der Waals surface area contributed by atoms with E-state index in [1.165, 1.54) is 17.4 Å². The fourth-order valence-electron chi connectivity index (χ4n) is 1.22. The van der Waals surface area contributed by atoms with E-state index in [9.17, 15) is 4.79 Å². The molecule has 0 aliphatic carbocycles. The number of aromatic nitrogens is 2. The van der Waals surface area contributed by atoms with Crippen molar-refractivity contribution < 1.29 is 4.79 Å². The summed E-state index contributed by atoms with van der Waals surface area (Å²) in [5, 5.41) is 12.0. The molecule has 0 unspecified atom stereocenters. The molecule has 94 valence electrons. The average molecular weight is 303 g/mol. The lowest BCUT2D eigenvalue weighted by Gasteiger charge is -2.03. The van der Waals surface area contributed by atoms with Crippen LogP contribution in [0.4, 0.5) is 5.13 Å². The van der Waals surface area contributed by atoms with Crippen LogP contribution in [0.1, 0.15) is 15.4 Å². The van der Waals surface area contributed by atoms with E-state index in [1.54, 1.807) is 12.1 Å². The molecule has 0 bridgehead atoms. The van der Waals surface area contributed by atoms with Crippen molar-refractivity contribution >= 4 is 45.6 Å². The van der Waals surface area contributed by atoms with Crippen molar-refractivity contribution in [3.05, 3.63) is 38.8 Å². The molecule has 0 aliphatic heterocycles. The fourth-order valence-corrected chi connectivity index (χ4v) is 2.33. The van der Waals surface area contributed by atoms with Gasteiger partial charge in [-0.25, -0.2) is 0 Å². The standard InChI is InChI=1S/C10H8Cl2N4OS/c11-5-1-2-6(7(12)3-5)9(17)14-10-16-15-8(4-13)18-10/h1-3H,4,13H2,(H,14,16,17). The molecule has 1 heterocycles. The lowest BCUT2D eigenvalue weighted by molar-refractivity contribution is 0.102. The molecule has 2 rings (SSSR count). The average Bonchev–Trinajstić information content (AvgIpc) is 2.76. The van der Waals surface area contributed by atoms with Crippen LogP contribution in [-0.2, 0) is 6.54 Å². The van der Waals surface area contributed by atoms with Crippen LogP contribution in [0.5, 0.6) is 0 Å². The second-order valence-corrected chi connectivity index (χ2v) is 5.19. The van der Waals surface area contributed by atoms with Crippen molar-refractivity contribution in [2.75, 3.05) is 5.32 Å². The van der Waals surface area contributed by atoms with Gasteiger partial charge in [-0.1, -0.05) is 34.5 Å². The van der Waals surface area contributed by atoms with E-state index in [0.717, 1.165) is 0 Å². The highest BCUT2D eigenvalue weighted by molar-refractivity contribution is 7.15. The molecule has 5 nitrogen and oxygen atoms in total. The number of hydrogen-bond donors (Lipinski definition) is 2. The molecule has 3 N–H and O–H groups in total. The number of rotatable bonds is 3. The van der Waals surface area contributed by atoms with Gasteiger partial charge in [0.25, 0.3) is 5.91 Å². The zero-order chi connectivity index (χ0) is 13.1. The normalized spacial score (nSPS) is 10.4. The van der Waals surface area contributed by atoms with E-state index in [2.05, 4.69) is 15.5 Å². The minimum Gasteiger partial charge on any atom is -0.324 e. The minimum absolute atomic E-state index is 0.281. The molecule has 0 radical (unpaired) electrons. The summed E-state index contributed by atoms with van der Waals surface area (Å²) >= 11 is 12.9. The summed E-state index contributed by atoms with van der Waals surface area (Å²) in [5.74, 6) is -0.364. The summed E-state index contributed by atoms with van der Waals surface area (Å²) in [7, 11) is 0. The Balaban J connectivity index is 2.16. The third-order valence-electron chi connectivity index (χ3n) is 2.04. The van der Waals surface area contributed by atoms with Crippen LogP contribution in [0.3, 0.4) is 0 Å². The number of benzene rings is 1. The van der Waals surface area contributed by atoms with Crippen LogP contribution >= 0.6 is 34.5 Å². The van der Waals surface area contributed by atoms with Gasteiger partial charge in [0.1, 0.15) is 5.01 Å². The monoisotopic (exact) mass is 302 g/mol. The Labute approximate surface area is 117 Å². The SMILES string of the molecule is NCc1nnc(NC(=O)c2ccc(Cl)cc2Cl)s1. The number of carbonyl (C=O) groups excluding carboxylic acids is 1. The molecule has 0 fully saturated rings. The number of nitrogens with one attached hydrogen (secondary N) is 1. The summed E-state index contributed by atoms with van der Waals surface area (Å²) in [6, 6.07) is 4.64. The number of hydrogen-bond acceptors (Lipinski definition) is 5. The second-order valence-electron chi connectivity index (χ2n) is 3.28. The number of carbonyl (C=O) groups is 1. The summed E-state index contributed by atoms with van der Waals surface area (Å²) in [6.07, 6.45) is 0. The van der Waals surface area contributed by atoms with E-state index in [-0.39, 0.29) is 17.5 Å². The Bertz CT molecular complexity index is 587. The first-order valence-corrected chi connectivity index (χ1v) is 6.46. The van der Waals surface area contributed by atoms with Crippen molar-refractivity contribution in [1.29, 1.82) is 0 Å². The fraction of sp³-hybridized carbons (Fsp3) is 0.100. The van der Waals surface area contributed by atoms with Gasteiger partial charge in [0, 0.05) is 11.6 Å². The zero-order valence-corrected chi connectivity index (χ0v) is 11.3. The first-order valence-electron chi connectivity index (χ1n) is 4.89. The van der Waals surface area contributed by atoms with Gasteiger partial charge in [-0.15, -0.1) is 10.2 Å². The lowest BCUT2D eigenvalue weighted by atomic mass is 10.2. The highest BCUT2D eigenvalue weighted by Gasteiger charge is 2.13. The Morgan fingerprint density at radius 2 is 2.17 bits per heavy atom. The van der Waals surface area contributed by atoms with E-state index in [0.29, 0.717) is 20.7 Å². The highest BCUT2D eigenvalue weighted by atomic mass is 35.5. The summed E-state index contributed by atoms with van der Waals surface area (Å²) in [5.41, 5.74) is 5.73. The van der Waals surface area contributed by atoms with Crippen molar-refractivity contribution in [1.82, 2.24) is 10.2 Å². The highest BCUT2D eigenvalue weighted by Crippen LogP contribution is 2.22. The molecular weight excluding hydrogens is 295 g/mol. The van der Waals surface area contributed by atoms with E-state index >= 15 is 0 Å². The maximum absolute atomic E-state index is 11.9. The molecule has 2 aromatic rings. The van der Waals surface area contributed by atoms with Gasteiger partial charge in [-0.05, 0) is 18.2 Å². The quantitative estimate of drug-likeness (QED) is 0.913. The number of halogens is 2. The first kappa shape index (κ1) is 13.2. The van der Waals surface area contributed by atoms with Crippen LogP contribution in [-0.4, -0.2) is 16.1 Å². The smallest absolute Gasteiger partial charge is 0.259 e. The lowest BCUT2D eigenvalue weighted by Crippen LogP contribution is -2.12. The van der Waals surface area contributed by atoms with Gasteiger partial charge >= 0.3 is 0 Å². The molecule has 1 aromatic heterocycles. The third kappa shape index (κ3) is 2.97. The molecule has 8 heteroatoms. The van der Waals surface area contributed by atoms with Gasteiger partial charge in [-0.3, -0.25) is 10.1 Å². The van der Waals surface area contributed by atoms with Crippen LogP contribution < -0.4 is 11.1 Å². The number of amides is 1. The zero-order valence-electron chi connectivity index (χ0n) is 8.98. The van der Waals surface area contributed by atoms with Crippen molar-refractivity contribution in [2.24, 2.45) is 5.73 Å². The van der Waals surface area contributed by atoms with Crippen LogP contribution in [0.25, 0.3) is 0 Å². The maximum Gasteiger partial charge on any atom is 0.259 e. The first-order chi connectivity index (χ1) is 8.60. The largest absolute Gasteiger partial charge is 0.324 e. The number of nitrogens with zero attached hydrogens (tertiary/aromatic N) is 2. The van der Waals surface area contributed by atoms with Crippen LogP contribution in [0.2, 0.25) is 10.0 Å². The van der Waals surface area contributed by atoms with E-state index in [1.807, 2.05) is 0 Å². The Morgan fingerprint density at radius 1 is 1.39 bits per heavy atom. The molecular formula is C10H8Cl2N4OS. The predicted octanol–water partition coefficient (Wildman–Crippen LogP) is 2.56. The van der Waals surface area contributed by atoms with Gasteiger partial charge < -0.3 is 5.73 Å². The molecule has 0 saturated heterocycles. The second kappa shape index (κ2) is 5.62. The Hall–Kier alpha value is -1.21. The molecule has 0 spiro atoms. The van der Waals surface area contributed by atoms with Crippen LogP contribution in [0, 0.1) is 0 Å².